The molecule has 0 spiro atoms. The van der Waals surface area contributed by atoms with Crippen LogP contribution in [0.15, 0.2) is 120 Å². The summed E-state index contributed by atoms with van der Waals surface area (Å²) >= 11 is 0. The Morgan fingerprint density at radius 2 is 1.19 bits per heavy atom. The number of aldehydes is 1. The van der Waals surface area contributed by atoms with Crippen LogP contribution < -0.4 is 5.01 Å². The third kappa shape index (κ3) is 3.34. The number of carbonyl (C=O) groups excluding carboxylic acids is 1. The molecule has 3 nitrogen and oxygen atoms in total. The van der Waals surface area contributed by atoms with Crippen molar-refractivity contribution >= 4 is 17.7 Å². The molecule has 0 radical (unpaired) electrons. The first kappa shape index (κ1) is 19.0. The number of benzene rings is 4. The molecule has 1 aliphatic rings. The van der Waals surface area contributed by atoms with Crippen molar-refractivity contribution in [1.82, 2.24) is 0 Å². The van der Waals surface area contributed by atoms with Crippen LogP contribution in [0.25, 0.3) is 0 Å². The monoisotopic (exact) mass is 402 g/mol. The highest BCUT2D eigenvalue weighted by molar-refractivity contribution is 6.04. The molecule has 0 unspecified atom stereocenters. The largest absolute Gasteiger partial charge is 0.298 e. The zero-order valence-corrected chi connectivity index (χ0v) is 17.1. The van der Waals surface area contributed by atoms with E-state index in [1.165, 1.54) is 11.1 Å². The topological polar surface area (TPSA) is 32.7 Å². The molecule has 31 heavy (non-hydrogen) atoms. The van der Waals surface area contributed by atoms with E-state index in [2.05, 4.69) is 65.7 Å². The van der Waals surface area contributed by atoms with E-state index in [9.17, 15) is 4.79 Å². The Balaban J connectivity index is 1.75. The van der Waals surface area contributed by atoms with Gasteiger partial charge in [-0.1, -0.05) is 91.0 Å². The smallest absolute Gasteiger partial charge is 0.150 e. The van der Waals surface area contributed by atoms with Crippen LogP contribution in [0.3, 0.4) is 0 Å². The lowest BCUT2D eigenvalue weighted by atomic mass is 9.78. The molecule has 3 heteroatoms. The van der Waals surface area contributed by atoms with Gasteiger partial charge in [0.2, 0.25) is 0 Å². The minimum atomic E-state index is -0.490. The molecule has 5 rings (SSSR count). The van der Waals surface area contributed by atoms with Gasteiger partial charge in [-0.25, -0.2) is 5.01 Å². The third-order valence-corrected chi connectivity index (χ3v) is 5.89. The van der Waals surface area contributed by atoms with Gasteiger partial charge in [-0.2, -0.15) is 5.10 Å². The number of nitrogens with zero attached hydrogens (tertiary/aromatic N) is 2. The molecule has 4 aromatic rings. The second kappa shape index (κ2) is 8.04. The molecule has 1 heterocycles. The molecule has 150 valence electrons. The molecular formula is C28H22N2O. The van der Waals surface area contributed by atoms with E-state index in [-0.39, 0.29) is 0 Å². The lowest BCUT2D eigenvalue weighted by Crippen LogP contribution is -2.41. The van der Waals surface area contributed by atoms with Crippen LogP contribution in [0.2, 0.25) is 0 Å². The number of anilines is 1. The predicted octanol–water partition coefficient (Wildman–Crippen LogP) is 6.06. The Labute approximate surface area is 182 Å². The summed E-state index contributed by atoms with van der Waals surface area (Å²) < 4.78 is 0. The van der Waals surface area contributed by atoms with E-state index in [0.29, 0.717) is 5.56 Å². The first-order valence-corrected chi connectivity index (χ1v) is 10.4. The van der Waals surface area contributed by atoms with Crippen LogP contribution in [-0.2, 0) is 5.54 Å². The summed E-state index contributed by atoms with van der Waals surface area (Å²) in [5, 5.41) is 7.27. The minimum Gasteiger partial charge on any atom is -0.298 e. The lowest BCUT2D eigenvalue weighted by molar-refractivity contribution is 0.112. The van der Waals surface area contributed by atoms with Gasteiger partial charge in [0, 0.05) is 12.0 Å². The molecule has 0 amide bonds. The van der Waals surface area contributed by atoms with Crippen LogP contribution >= 0.6 is 0 Å². The van der Waals surface area contributed by atoms with Crippen molar-refractivity contribution in [2.75, 3.05) is 5.01 Å². The molecule has 0 atom stereocenters. The van der Waals surface area contributed by atoms with Crippen LogP contribution in [-0.4, -0.2) is 12.0 Å². The molecule has 0 N–H and O–H groups in total. The molecule has 0 aliphatic carbocycles. The summed E-state index contributed by atoms with van der Waals surface area (Å²) in [5.41, 5.74) is 5.62. The third-order valence-electron chi connectivity index (χ3n) is 5.89. The summed E-state index contributed by atoms with van der Waals surface area (Å²) in [4.78, 5) is 11.2. The Hall–Kier alpha value is -3.98. The van der Waals surface area contributed by atoms with Gasteiger partial charge in [0.15, 0.2) is 0 Å². The van der Waals surface area contributed by atoms with Crippen molar-refractivity contribution in [2.45, 2.75) is 12.0 Å². The van der Waals surface area contributed by atoms with Gasteiger partial charge in [0.05, 0.1) is 11.4 Å². The van der Waals surface area contributed by atoms with Crippen LogP contribution in [0.5, 0.6) is 0 Å². The summed E-state index contributed by atoms with van der Waals surface area (Å²) in [6.07, 6.45) is 1.61. The van der Waals surface area contributed by atoms with Gasteiger partial charge < -0.3 is 0 Å². The van der Waals surface area contributed by atoms with E-state index in [1.807, 2.05) is 54.6 Å². The first-order chi connectivity index (χ1) is 15.3. The van der Waals surface area contributed by atoms with E-state index < -0.39 is 5.54 Å². The molecular weight excluding hydrogens is 380 g/mol. The predicted molar refractivity (Wildman–Crippen MR) is 126 cm³/mol. The van der Waals surface area contributed by atoms with Crippen LogP contribution in [0.4, 0.5) is 5.69 Å². The second-order valence-corrected chi connectivity index (χ2v) is 7.70. The number of carbonyl (C=O) groups is 1. The van der Waals surface area contributed by atoms with E-state index in [1.54, 1.807) is 0 Å². The Morgan fingerprint density at radius 1 is 0.677 bits per heavy atom. The molecule has 0 bridgehead atoms. The fourth-order valence-electron chi connectivity index (χ4n) is 4.36. The normalized spacial score (nSPS) is 14.8. The average Bonchev–Trinajstić information content (AvgIpc) is 3.28. The van der Waals surface area contributed by atoms with Crippen molar-refractivity contribution in [1.29, 1.82) is 0 Å². The Bertz CT molecular complexity index is 1160. The molecule has 0 saturated heterocycles. The number of hydrogen-bond acceptors (Lipinski definition) is 3. The summed E-state index contributed by atoms with van der Waals surface area (Å²) in [7, 11) is 0. The number of hydrazone groups is 1. The maximum absolute atomic E-state index is 11.2. The summed E-state index contributed by atoms with van der Waals surface area (Å²) in [6, 6.07) is 39.1. The zero-order chi connectivity index (χ0) is 21.1. The molecule has 0 fully saturated rings. The lowest BCUT2D eigenvalue weighted by Gasteiger charge is -2.39. The minimum absolute atomic E-state index is 0.490. The van der Waals surface area contributed by atoms with Crippen LogP contribution in [0.1, 0.15) is 33.5 Å². The Morgan fingerprint density at radius 3 is 1.71 bits per heavy atom. The maximum Gasteiger partial charge on any atom is 0.150 e. The highest BCUT2D eigenvalue weighted by atomic mass is 16.1. The average molecular weight is 402 g/mol. The molecule has 1 aliphatic heterocycles. The van der Waals surface area contributed by atoms with Crippen molar-refractivity contribution in [3.63, 3.8) is 0 Å². The molecule has 0 saturated carbocycles. The zero-order valence-electron chi connectivity index (χ0n) is 17.1. The number of hydrogen-bond donors (Lipinski definition) is 0. The Kier molecular flexibility index (Phi) is 4.93. The van der Waals surface area contributed by atoms with Crippen molar-refractivity contribution in [3.05, 3.63) is 138 Å². The molecule has 4 aromatic carbocycles. The van der Waals surface area contributed by atoms with Crippen molar-refractivity contribution < 1.29 is 4.79 Å². The summed E-state index contributed by atoms with van der Waals surface area (Å²) in [5.74, 6) is 0. The fourth-order valence-corrected chi connectivity index (χ4v) is 4.36. The highest BCUT2D eigenvalue weighted by Gasteiger charge is 2.46. The van der Waals surface area contributed by atoms with Gasteiger partial charge in [-0.3, -0.25) is 4.79 Å². The van der Waals surface area contributed by atoms with E-state index >= 15 is 0 Å². The second-order valence-electron chi connectivity index (χ2n) is 7.70. The quantitative estimate of drug-likeness (QED) is 0.380. The van der Waals surface area contributed by atoms with Crippen LogP contribution in [0, 0.1) is 0 Å². The molecule has 0 aromatic heterocycles. The van der Waals surface area contributed by atoms with Crippen molar-refractivity contribution in [2.24, 2.45) is 5.10 Å². The first-order valence-electron chi connectivity index (χ1n) is 10.4. The summed E-state index contributed by atoms with van der Waals surface area (Å²) in [6.45, 7) is 0. The number of rotatable bonds is 5. The fraction of sp³-hybridized carbons (Fsp3) is 0.0714. The SMILES string of the molecule is O=Cc1ccc(N2N=C(c3ccccc3)CC2(c2ccccc2)c2ccccc2)cc1. The van der Waals surface area contributed by atoms with E-state index in [4.69, 9.17) is 5.10 Å². The van der Waals surface area contributed by atoms with E-state index in [0.717, 1.165) is 29.7 Å². The van der Waals surface area contributed by atoms with Gasteiger partial charge in [-0.15, -0.1) is 0 Å². The standard InChI is InChI=1S/C28H22N2O/c31-21-22-16-18-26(19-17-22)30-28(24-12-6-2-7-13-24,25-14-8-3-9-15-25)20-27(29-30)23-10-4-1-5-11-23/h1-19,21H,20H2. The van der Waals surface area contributed by atoms with Gasteiger partial charge in [0.25, 0.3) is 0 Å². The maximum atomic E-state index is 11.2. The van der Waals surface area contributed by atoms with Gasteiger partial charge >= 0.3 is 0 Å². The highest BCUT2D eigenvalue weighted by Crippen LogP contribution is 2.46. The van der Waals surface area contributed by atoms with Crippen molar-refractivity contribution in [3.8, 4) is 0 Å². The van der Waals surface area contributed by atoms with Gasteiger partial charge in [-0.05, 0) is 41.0 Å². The van der Waals surface area contributed by atoms with Gasteiger partial charge in [0.1, 0.15) is 11.8 Å².